The van der Waals surface area contributed by atoms with Crippen molar-refractivity contribution in [2.24, 2.45) is 0 Å². The molecule has 0 fully saturated rings. The molecule has 34 heavy (non-hydrogen) atoms. The maximum absolute atomic E-state index is 13.3. The monoisotopic (exact) mass is 453 g/mol. The number of likely N-dealkylation sites (N-methyl/N-ethyl adjacent to an activating group) is 1. The molecule has 2 aliphatic heterocycles. The Morgan fingerprint density at radius 1 is 1.00 bits per heavy atom. The number of carbonyl (C=O) groups excluding carboxylic acids is 2. The summed E-state index contributed by atoms with van der Waals surface area (Å²) in [4.78, 5) is 28.3. The van der Waals surface area contributed by atoms with E-state index in [1.54, 1.807) is 12.3 Å². The van der Waals surface area contributed by atoms with Gasteiger partial charge in [-0.3, -0.25) is 14.5 Å². The van der Waals surface area contributed by atoms with Gasteiger partial charge in [-0.1, -0.05) is 66.7 Å². The van der Waals surface area contributed by atoms with E-state index in [4.69, 9.17) is 0 Å². The number of benzene rings is 3. The van der Waals surface area contributed by atoms with Crippen LogP contribution in [-0.2, 0) is 11.2 Å². The fourth-order valence-corrected chi connectivity index (χ4v) is 4.54. The molecular weight excluding hydrogens is 426 g/mol. The number of hydrogen-bond acceptors (Lipinski definition) is 5. The highest BCUT2D eigenvalue weighted by Gasteiger charge is 2.35. The van der Waals surface area contributed by atoms with E-state index >= 15 is 0 Å². The summed E-state index contributed by atoms with van der Waals surface area (Å²) >= 11 is 0. The van der Waals surface area contributed by atoms with E-state index in [1.807, 2.05) is 79.7 Å². The van der Waals surface area contributed by atoms with E-state index in [-0.39, 0.29) is 17.9 Å². The first-order valence-corrected chi connectivity index (χ1v) is 11.3. The van der Waals surface area contributed by atoms with Gasteiger partial charge in [0.1, 0.15) is 0 Å². The van der Waals surface area contributed by atoms with Crippen molar-refractivity contribution in [1.29, 1.82) is 0 Å². The van der Waals surface area contributed by atoms with Crippen molar-refractivity contribution in [3.8, 4) is 0 Å². The molecule has 3 N–H and O–H groups in total. The molecule has 3 aromatic carbocycles. The van der Waals surface area contributed by atoms with Crippen molar-refractivity contribution in [2.75, 3.05) is 19.4 Å². The molecular formula is C27H27N5O2. The predicted octanol–water partition coefficient (Wildman–Crippen LogP) is 3.36. The van der Waals surface area contributed by atoms with Crippen molar-refractivity contribution in [2.45, 2.75) is 18.5 Å². The number of nitrogens with one attached hydrogen (secondary N) is 3. The molecule has 0 bridgehead atoms. The molecule has 0 radical (unpaired) electrons. The van der Waals surface area contributed by atoms with Crippen LogP contribution in [0.25, 0.3) is 5.57 Å². The summed E-state index contributed by atoms with van der Waals surface area (Å²) in [7, 11) is 3.75. The van der Waals surface area contributed by atoms with Gasteiger partial charge in [0.05, 0.1) is 23.8 Å². The van der Waals surface area contributed by atoms with Gasteiger partial charge >= 0.3 is 0 Å². The van der Waals surface area contributed by atoms with Gasteiger partial charge in [-0.2, -0.15) is 5.12 Å². The second-order valence-electron chi connectivity index (χ2n) is 8.76. The number of nitrogens with zero attached hydrogens (tertiary/aromatic N) is 2. The minimum Gasteiger partial charge on any atom is -0.374 e. The highest BCUT2D eigenvalue weighted by molar-refractivity contribution is 6.05. The van der Waals surface area contributed by atoms with Crippen LogP contribution >= 0.6 is 0 Å². The number of hydrazine groups is 2. The number of carbonyl (C=O) groups is 2. The van der Waals surface area contributed by atoms with Gasteiger partial charge in [0.25, 0.3) is 11.8 Å². The van der Waals surface area contributed by atoms with E-state index in [9.17, 15) is 9.59 Å². The van der Waals surface area contributed by atoms with Gasteiger partial charge in [0, 0.05) is 16.8 Å². The van der Waals surface area contributed by atoms with Crippen LogP contribution in [0.4, 0.5) is 5.69 Å². The summed E-state index contributed by atoms with van der Waals surface area (Å²) in [5.41, 5.74) is 11.1. The zero-order valence-electron chi connectivity index (χ0n) is 19.2. The van der Waals surface area contributed by atoms with Gasteiger partial charge < -0.3 is 5.32 Å². The van der Waals surface area contributed by atoms with Gasteiger partial charge in [-0.15, -0.1) is 0 Å². The first kappa shape index (κ1) is 21.7. The highest BCUT2D eigenvalue weighted by Crippen LogP contribution is 2.45. The molecule has 2 amide bonds. The molecule has 2 atom stereocenters. The van der Waals surface area contributed by atoms with Crippen LogP contribution in [0.15, 0.2) is 85.1 Å². The Morgan fingerprint density at radius 3 is 2.41 bits per heavy atom. The Morgan fingerprint density at radius 2 is 1.71 bits per heavy atom. The SMILES string of the molecule is CN(C)[C@@H](Cc1ccccc1)C(=O)NN1C=C2c3c(cccc3C(=O)N1)NC2c1ccccc1. The zero-order chi connectivity index (χ0) is 23.7. The maximum atomic E-state index is 13.3. The summed E-state index contributed by atoms with van der Waals surface area (Å²) in [5, 5.41) is 4.93. The standard InChI is InChI=1S/C27H27N5O2/c1-31(2)23(16-18-10-5-3-6-11-18)27(34)30-32-17-21-24-20(26(33)29-32)14-9-15-22(24)28-25(21)19-12-7-4-8-13-19/h3-15,17,23,25,28H,16H2,1-2H3,(H,29,33)(H,30,34)/t23-,25?/m0/s1. The Balaban J connectivity index is 1.46. The van der Waals surface area contributed by atoms with Crippen molar-refractivity contribution in [3.05, 3.63) is 107 Å². The van der Waals surface area contributed by atoms with E-state index < -0.39 is 6.04 Å². The molecule has 2 aliphatic rings. The highest BCUT2D eigenvalue weighted by atomic mass is 16.2. The molecule has 1 unspecified atom stereocenters. The number of hydrogen-bond donors (Lipinski definition) is 3. The van der Waals surface area contributed by atoms with Crippen molar-refractivity contribution in [1.82, 2.24) is 20.9 Å². The van der Waals surface area contributed by atoms with Gasteiger partial charge in [0.2, 0.25) is 0 Å². The van der Waals surface area contributed by atoms with Crippen LogP contribution in [0.2, 0.25) is 0 Å². The van der Waals surface area contributed by atoms with E-state index in [2.05, 4.69) is 28.3 Å². The minimum absolute atomic E-state index is 0.140. The second-order valence-corrected chi connectivity index (χ2v) is 8.76. The Bertz CT molecular complexity index is 1240. The van der Waals surface area contributed by atoms with Crippen molar-refractivity contribution >= 4 is 23.1 Å². The minimum atomic E-state index is -0.412. The van der Waals surface area contributed by atoms with Crippen LogP contribution in [-0.4, -0.2) is 42.0 Å². The summed E-state index contributed by atoms with van der Waals surface area (Å²) < 4.78 is 0. The molecule has 0 aromatic heterocycles. The van der Waals surface area contributed by atoms with Crippen LogP contribution in [0.3, 0.4) is 0 Å². The average molecular weight is 454 g/mol. The third-order valence-electron chi connectivity index (χ3n) is 6.26. The lowest BCUT2D eigenvalue weighted by Gasteiger charge is -2.28. The van der Waals surface area contributed by atoms with Gasteiger partial charge in [-0.25, -0.2) is 10.9 Å². The first-order chi connectivity index (χ1) is 16.5. The fraction of sp³-hybridized carbons (Fsp3) is 0.185. The van der Waals surface area contributed by atoms with Crippen molar-refractivity contribution in [3.63, 3.8) is 0 Å². The van der Waals surface area contributed by atoms with Crippen LogP contribution in [0, 0.1) is 0 Å². The predicted molar refractivity (Wildman–Crippen MR) is 132 cm³/mol. The van der Waals surface area contributed by atoms with E-state index in [0.717, 1.165) is 28.0 Å². The Labute approximate surface area is 199 Å². The molecule has 0 aliphatic carbocycles. The smallest absolute Gasteiger partial charge is 0.272 e. The number of amides is 2. The lowest BCUT2D eigenvalue weighted by Crippen LogP contribution is -2.55. The van der Waals surface area contributed by atoms with E-state index in [0.29, 0.717) is 12.0 Å². The summed E-state index contributed by atoms with van der Waals surface area (Å²) in [5.74, 6) is -0.484. The molecule has 0 saturated carbocycles. The molecule has 3 aromatic rings. The van der Waals surface area contributed by atoms with Crippen LogP contribution in [0.1, 0.15) is 33.1 Å². The quantitative estimate of drug-likeness (QED) is 0.534. The maximum Gasteiger partial charge on any atom is 0.272 e. The lowest BCUT2D eigenvalue weighted by atomic mass is 9.94. The third-order valence-corrected chi connectivity index (χ3v) is 6.26. The first-order valence-electron chi connectivity index (χ1n) is 11.3. The Hall–Kier alpha value is -4.10. The number of rotatable bonds is 6. The van der Waals surface area contributed by atoms with Gasteiger partial charge in [-0.05, 0) is 43.8 Å². The molecule has 7 nitrogen and oxygen atoms in total. The molecule has 7 heteroatoms. The fourth-order valence-electron chi connectivity index (χ4n) is 4.54. The lowest BCUT2D eigenvalue weighted by molar-refractivity contribution is -0.130. The Kier molecular flexibility index (Phi) is 5.77. The average Bonchev–Trinajstić information content (AvgIpc) is 3.14. The zero-order valence-corrected chi connectivity index (χ0v) is 19.2. The summed E-state index contributed by atoms with van der Waals surface area (Å²) in [6, 6.07) is 25.0. The third kappa shape index (κ3) is 4.13. The van der Waals surface area contributed by atoms with Crippen LogP contribution < -0.4 is 16.2 Å². The topological polar surface area (TPSA) is 76.7 Å². The molecule has 0 spiro atoms. The van der Waals surface area contributed by atoms with Crippen LogP contribution in [0.5, 0.6) is 0 Å². The van der Waals surface area contributed by atoms with Gasteiger partial charge in [0.15, 0.2) is 0 Å². The van der Waals surface area contributed by atoms with Crippen molar-refractivity contribution < 1.29 is 9.59 Å². The number of anilines is 1. The molecule has 5 rings (SSSR count). The molecule has 172 valence electrons. The van der Waals surface area contributed by atoms with E-state index in [1.165, 1.54) is 5.12 Å². The molecule has 2 heterocycles. The summed E-state index contributed by atoms with van der Waals surface area (Å²) in [6.07, 6.45) is 2.36. The summed E-state index contributed by atoms with van der Waals surface area (Å²) in [6.45, 7) is 0. The second kappa shape index (κ2) is 9.03. The molecule has 0 saturated heterocycles. The normalized spacial score (nSPS) is 17.3. The largest absolute Gasteiger partial charge is 0.374 e.